The van der Waals surface area contributed by atoms with Gasteiger partial charge in [-0.15, -0.1) is 0 Å². The van der Waals surface area contributed by atoms with Gasteiger partial charge in [0.15, 0.2) is 0 Å². The van der Waals surface area contributed by atoms with Crippen molar-refractivity contribution < 1.29 is 19.1 Å². The molecule has 4 heteroatoms. The topological polar surface area (TPSA) is 52.6 Å². The SMILES string of the molecule is CCOC(=O)/C=C(\C(=O)OCC)C1CCCCC1. The predicted octanol–water partition coefficient (Wildman–Crippen LogP) is 2.62. The van der Waals surface area contributed by atoms with E-state index in [4.69, 9.17) is 9.47 Å². The Hall–Kier alpha value is -1.32. The fourth-order valence-electron chi connectivity index (χ4n) is 2.28. The van der Waals surface area contributed by atoms with Crippen molar-refractivity contribution in [2.75, 3.05) is 13.2 Å². The van der Waals surface area contributed by atoms with Crippen LogP contribution in [-0.2, 0) is 19.1 Å². The van der Waals surface area contributed by atoms with Crippen LogP contribution in [0.5, 0.6) is 0 Å². The van der Waals surface area contributed by atoms with E-state index in [0.29, 0.717) is 18.8 Å². The molecule has 1 aliphatic rings. The highest BCUT2D eigenvalue weighted by Gasteiger charge is 2.25. The van der Waals surface area contributed by atoms with E-state index in [1.165, 1.54) is 12.5 Å². The van der Waals surface area contributed by atoms with Crippen LogP contribution in [0.15, 0.2) is 11.6 Å². The first-order chi connectivity index (χ1) is 8.69. The summed E-state index contributed by atoms with van der Waals surface area (Å²) in [6.07, 6.45) is 6.62. The number of carbonyl (C=O) groups excluding carboxylic acids is 2. The van der Waals surface area contributed by atoms with Gasteiger partial charge in [-0.25, -0.2) is 9.59 Å². The number of ether oxygens (including phenoxy) is 2. The van der Waals surface area contributed by atoms with Crippen LogP contribution in [-0.4, -0.2) is 25.2 Å². The Morgan fingerprint density at radius 3 is 2.22 bits per heavy atom. The standard InChI is InChI=1S/C14H22O4/c1-3-17-13(15)10-12(14(16)18-4-2)11-8-6-5-7-9-11/h10-11H,3-9H2,1-2H3/b12-10-. The Morgan fingerprint density at radius 2 is 1.67 bits per heavy atom. The zero-order chi connectivity index (χ0) is 13.4. The van der Waals surface area contributed by atoms with E-state index in [0.717, 1.165) is 25.7 Å². The zero-order valence-corrected chi connectivity index (χ0v) is 11.2. The molecule has 1 saturated carbocycles. The van der Waals surface area contributed by atoms with Crippen LogP contribution in [0.3, 0.4) is 0 Å². The molecular weight excluding hydrogens is 232 g/mol. The summed E-state index contributed by atoms with van der Waals surface area (Å²) in [5.74, 6) is -0.689. The van der Waals surface area contributed by atoms with Crippen molar-refractivity contribution in [2.24, 2.45) is 5.92 Å². The summed E-state index contributed by atoms with van der Waals surface area (Å²) in [5, 5.41) is 0. The third-order valence-electron chi connectivity index (χ3n) is 3.12. The lowest BCUT2D eigenvalue weighted by molar-refractivity contribution is -0.141. The number of hydrogen-bond donors (Lipinski definition) is 0. The number of hydrogen-bond acceptors (Lipinski definition) is 4. The average Bonchev–Trinajstić information content (AvgIpc) is 2.37. The average molecular weight is 254 g/mol. The lowest BCUT2D eigenvalue weighted by atomic mass is 9.83. The lowest BCUT2D eigenvalue weighted by Crippen LogP contribution is -2.20. The minimum absolute atomic E-state index is 0.141. The van der Waals surface area contributed by atoms with Crippen LogP contribution in [0.25, 0.3) is 0 Å². The van der Waals surface area contributed by atoms with E-state index < -0.39 is 5.97 Å². The molecule has 1 aliphatic carbocycles. The molecule has 0 amide bonds. The summed E-state index contributed by atoms with van der Waals surface area (Å²) in [6.45, 7) is 4.15. The van der Waals surface area contributed by atoms with Gasteiger partial charge in [-0.05, 0) is 32.6 Å². The van der Waals surface area contributed by atoms with Gasteiger partial charge in [-0.2, -0.15) is 0 Å². The summed E-state index contributed by atoms with van der Waals surface area (Å²) in [5.41, 5.74) is 0.481. The maximum atomic E-state index is 11.9. The molecule has 102 valence electrons. The van der Waals surface area contributed by atoms with Crippen molar-refractivity contribution in [2.45, 2.75) is 46.0 Å². The van der Waals surface area contributed by atoms with Gasteiger partial charge in [0, 0.05) is 11.6 Å². The summed E-state index contributed by atoms with van der Waals surface area (Å²) < 4.78 is 9.89. The van der Waals surface area contributed by atoms with Crippen LogP contribution in [0.1, 0.15) is 46.0 Å². The van der Waals surface area contributed by atoms with E-state index in [2.05, 4.69) is 0 Å². The molecule has 0 atom stereocenters. The van der Waals surface area contributed by atoms with Gasteiger partial charge < -0.3 is 9.47 Å². The van der Waals surface area contributed by atoms with Gasteiger partial charge in [-0.3, -0.25) is 0 Å². The van der Waals surface area contributed by atoms with Crippen molar-refractivity contribution in [1.29, 1.82) is 0 Å². The fourth-order valence-corrected chi connectivity index (χ4v) is 2.28. The second-order valence-corrected chi connectivity index (χ2v) is 4.41. The number of esters is 2. The third-order valence-corrected chi connectivity index (χ3v) is 3.12. The Balaban J connectivity index is 2.79. The van der Waals surface area contributed by atoms with E-state index in [1.807, 2.05) is 0 Å². The van der Waals surface area contributed by atoms with Gasteiger partial charge in [0.25, 0.3) is 0 Å². The third kappa shape index (κ3) is 4.51. The van der Waals surface area contributed by atoms with Crippen molar-refractivity contribution in [1.82, 2.24) is 0 Å². The summed E-state index contributed by atoms with van der Waals surface area (Å²) in [6, 6.07) is 0. The molecule has 0 N–H and O–H groups in total. The molecule has 0 aromatic rings. The smallest absolute Gasteiger partial charge is 0.334 e. The van der Waals surface area contributed by atoms with Gasteiger partial charge in [0.1, 0.15) is 0 Å². The van der Waals surface area contributed by atoms with E-state index in [1.54, 1.807) is 13.8 Å². The molecule has 0 spiro atoms. The molecular formula is C14H22O4. The van der Waals surface area contributed by atoms with Gasteiger partial charge >= 0.3 is 11.9 Å². The minimum atomic E-state index is -0.453. The first-order valence-corrected chi connectivity index (χ1v) is 6.74. The summed E-state index contributed by atoms with van der Waals surface area (Å²) >= 11 is 0. The molecule has 0 aromatic heterocycles. The predicted molar refractivity (Wildman–Crippen MR) is 67.9 cm³/mol. The molecule has 18 heavy (non-hydrogen) atoms. The molecule has 0 saturated heterocycles. The van der Waals surface area contributed by atoms with Crippen molar-refractivity contribution >= 4 is 11.9 Å². The second kappa shape index (κ2) is 7.90. The van der Waals surface area contributed by atoms with Gasteiger partial charge in [0.05, 0.1) is 13.2 Å². The second-order valence-electron chi connectivity index (χ2n) is 4.41. The van der Waals surface area contributed by atoms with Crippen molar-refractivity contribution in [3.63, 3.8) is 0 Å². The Labute approximate surface area is 108 Å². The first kappa shape index (κ1) is 14.7. The fraction of sp³-hybridized carbons (Fsp3) is 0.714. The molecule has 0 heterocycles. The maximum Gasteiger partial charge on any atom is 0.334 e. The Kier molecular flexibility index (Phi) is 6.47. The Bertz CT molecular complexity index is 314. The van der Waals surface area contributed by atoms with E-state index in [9.17, 15) is 9.59 Å². The highest BCUT2D eigenvalue weighted by molar-refractivity contribution is 5.96. The molecule has 0 unspecified atom stereocenters. The van der Waals surface area contributed by atoms with Crippen LogP contribution in [0, 0.1) is 5.92 Å². The molecule has 0 aromatic carbocycles. The van der Waals surface area contributed by atoms with Gasteiger partial charge in [-0.1, -0.05) is 19.3 Å². The Morgan fingerprint density at radius 1 is 1.06 bits per heavy atom. The quantitative estimate of drug-likeness (QED) is 0.559. The van der Waals surface area contributed by atoms with Crippen LogP contribution in [0.4, 0.5) is 0 Å². The largest absolute Gasteiger partial charge is 0.463 e. The van der Waals surface area contributed by atoms with Crippen molar-refractivity contribution in [3.8, 4) is 0 Å². The normalized spacial score (nSPS) is 17.3. The molecule has 1 fully saturated rings. The minimum Gasteiger partial charge on any atom is -0.463 e. The van der Waals surface area contributed by atoms with Crippen molar-refractivity contribution in [3.05, 3.63) is 11.6 Å². The molecule has 1 rings (SSSR count). The molecule has 4 nitrogen and oxygen atoms in total. The number of carbonyl (C=O) groups is 2. The van der Waals surface area contributed by atoms with E-state index >= 15 is 0 Å². The molecule has 0 aliphatic heterocycles. The van der Waals surface area contributed by atoms with Crippen LogP contribution >= 0.6 is 0 Å². The number of rotatable bonds is 5. The van der Waals surface area contributed by atoms with Crippen LogP contribution < -0.4 is 0 Å². The summed E-state index contributed by atoms with van der Waals surface area (Å²) in [4.78, 5) is 23.4. The van der Waals surface area contributed by atoms with E-state index in [-0.39, 0.29) is 11.9 Å². The van der Waals surface area contributed by atoms with Gasteiger partial charge in [0.2, 0.25) is 0 Å². The lowest BCUT2D eigenvalue weighted by Gasteiger charge is -2.23. The zero-order valence-electron chi connectivity index (χ0n) is 11.2. The monoisotopic (exact) mass is 254 g/mol. The van der Waals surface area contributed by atoms with Crippen LogP contribution in [0.2, 0.25) is 0 Å². The highest BCUT2D eigenvalue weighted by Crippen LogP contribution is 2.30. The summed E-state index contributed by atoms with van der Waals surface area (Å²) in [7, 11) is 0. The molecule has 0 radical (unpaired) electrons. The first-order valence-electron chi connectivity index (χ1n) is 6.74. The molecule has 0 bridgehead atoms. The maximum absolute atomic E-state index is 11.9. The highest BCUT2D eigenvalue weighted by atomic mass is 16.5.